The van der Waals surface area contributed by atoms with Gasteiger partial charge in [-0.1, -0.05) is 36.4 Å². The van der Waals surface area contributed by atoms with Crippen LogP contribution in [0, 0.1) is 0 Å². The van der Waals surface area contributed by atoms with Crippen LogP contribution in [0.3, 0.4) is 0 Å². The van der Waals surface area contributed by atoms with Gasteiger partial charge in [-0.3, -0.25) is 4.79 Å². The second-order valence-corrected chi connectivity index (χ2v) is 8.24. The Labute approximate surface area is 181 Å². The molecule has 156 valence electrons. The molecule has 0 spiro atoms. The molecule has 8 heteroatoms. The zero-order chi connectivity index (χ0) is 20.9. The number of benzene rings is 2. The summed E-state index contributed by atoms with van der Waals surface area (Å²) < 4.78 is 15.8. The number of rotatable bonds is 13. The Bertz CT molecular complexity index is 790. The number of hydrogen-bond acceptors (Lipinski definition) is 4. The molecule has 1 atom stereocenters. The number of carbonyl (C=O) groups is 1. The lowest BCUT2D eigenvalue weighted by atomic mass is 10.1. The molecular weight excluding hydrogens is 455 g/mol. The van der Waals surface area contributed by atoms with Crippen molar-refractivity contribution in [1.82, 2.24) is 5.32 Å². The number of hydrogen-bond donors (Lipinski definition) is 3. The molecule has 0 aliphatic rings. The summed E-state index contributed by atoms with van der Waals surface area (Å²) >= 11 is 3.51. The third-order valence-electron chi connectivity index (χ3n) is 4.30. The highest BCUT2D eigenvalue weighted by Crippen LogP contribution is 2.24. The Hall–Kier alpha value is -1.63. The highest BCUT2D eigenvalue weighted by Gasteiger charge is 2.10. The summed E-state index contributed by atoms with van der Waals surface area (Å²) in [6.07, 6.45) is 3.99. The van der Waals surface area contributed by atoms with Crippen molar-refractivity contribution < 1.29 is 18.8 Å². The summed E-state index contributed by atoms with van der Waals surface area (Å²) in [5.74, 6) is 0.0202. The zero-order valence-corrected chi connectivity index (χ0v) is 18.8. The van der Waals surface area contributed by atoms with Crippen LogP contribution in [0.15, 0.2) is 53.0 Å². The molecule has 0 bridgehead atoms. The quantitative estimate of drug-likeness (QED) is 0.278. The first kappa shape index (κ1) is 23.6. The second-order valence-electron chi connectivity index (χ2n) is 6.66. The van der Waals surface area contributed by atoms with Gasteiger partial charge in [0.25, 0.3) is 0 Å². The predicted octanol–water partition coefficient (Wildman–Crippen LogP) is 4.95. The molecule has 1 unspecified atom stereocenters. The van der Waals surface area contributed by atoms with Crippen LogP contribution in [0.25, 0.3) is 0 Å². The van der Waals surface area contributed by atoms with Crippen LogP contribution >= 0.6 is 24.2 Å². The molecule has 0 aromatic heterocycles. The number of anilines is 1. The van der Waals surface area contributed by atoms with Crippen molar-refractivity contribution in [3.63, 3.8) is 0 Å². The van der Waals surface area contributed by atoms with Gasteiger partial charge in [0.1, 0.15) is 6.61 Å². The van der Waals surface area contributed by atoms with Crippen LogP contribution in [0.5, 0.6) is 0 Å². The standard InChI is InChI=1S/C21H26BrN2O4P/c22-19-15-18(16-23-13-6-14-28-29(26)27)11-12-20(19)24-21(25)10-5-4-9-17-7-2-1-3-8-17/h1-3,7-8,11-12,15,23H,4-6,9-10,13-14,16H2,(H-,24,25,26,27)/p+1. The fourth-order valence-corrected chi connectivity index (χ4v) is 3.63. The fourth-order valence-electron chi connectivity index (χ4n) is 2.81. The minimum atomic E-state index is -2.52. The smallest absolute Gasteiger partial charge is 0.325 e. The number of amides is 1. The van der Waals surface area contributed by atoms with E-state index in [2.05, 4.69) is 43.2 Å². The average molecular weight is 482 g/mol. The van der Waals surface area contributed by atoms with Gasteiger partial charge >= 0.3 is 8.25 Å². The molecule has 0 aliphatic carbocycles. The molecule has 0 saturated heterocycles. The average Bonchev–Trinajstić information content (AvgIpc) is 2.70. The summed E-state index contributed by atoms with van der Waals surface area (Å²) in [4.78, 5) is 20.7. The molecule has 0 fully saturated rings. The minimum Gasteiger partial charge on any atom is -0.325 e. The third kappa shape index (κ3) is 10.1. The van der Waals surface area contributed by atoms with Crippen molar-refractivity contribution in [3.8, 4) is 0 Å². The maximum atomic E-state index is 12.2. The van der Waals surface area contributed by atoms with Gasteiger partial charge in [0.15, 0.2) is 0 Å². The summed E-state index contributed by atoms with van der Waals surface area (Å²) in [6, 6.07) is 16.1. The fraction of sp³-hybridized carbons (Fsp3) is 0.381. The molecule has 2 rings (SSSR count). The predicted molar refractivity (Wildman–Crippen MR) is 119 cm³/mol. The lowest BCUT2D eigenvalue weighted by molar-refractivity contribution is -0.116. The highest BCUT2D eigenvalue weighted by molar-refractivity contribution is 9.10. The monoisotopic (exact) mass is 481 g/mol. The first-order chi connectivity index (χ1) is 14.0. The molecule has 0 aliphatic heterocycles. The van der Waals surface area contributed by atoms with E-state index in [1.807, 2.05) is 36.4 Å². The van der Waals surface area contributed by atoms with Gasteiger partial charge < -0.3 is 10.6 Å². The Morgan fingerprint density at radius 3 is 2.59 bits per heavy atom. The van der Waals surface area contributed by atoms with Crippen molar-refractivity contribution >= 4 is 35.8 Å². The molecular formula is C21H27BrN2O4P+. The van der Waals surface area contributed by atoms with Crippen molar-refractivity contribution in [2.45, 2.75) is 38.6 Å². The summed E-state index contributed by atoms with van der Waals surface area (Å²) in [5.41, 5.74) is 3.14. The number of halogens is 1. The molecule has 29 heavy (non-hydrogen) atoms. The van der Waals surface area contributed by atoms with Gasteiger partial charge in [-0.25, -0.2) is 0 Å². The molecule has 6 nitrogen and oxygen atoms in total. The van der Waals surface area contributed by atoms with Gasteiger partial charge in [-0.15, -0.1) is 9.42 Å². The molecule has 2 aromatic carbocycles. The summed E-state index contributed by atoms with van der Waals surface area (Å²) in [7, 11) is -2.52. The topological polar surface area (TPSA) is 87.7 Å². The van der Waals surface area contributed by atoms with Gasteiger partial charge in [0, 0.05) is 22.0 Å². The van der Waals surface area contributed by atoms with Crippen LogP contribution in [0.2, 0.25) is 0 Å². The molecule has 1 amide bonds. The number of carbonyl (C=O) groups excluding carboxylic acids is 1. The molecule has 0 heterocycles. The first-order valence-corrected chi connectivity index (χ1v) is 11.6. The summed E-state index contributed by atoms with van der Waals surface area (Å²) in [6.45, 7) is 1.60. The second kappa shape index (κ2) is 13.6. The number of unbranched alkanes of at least 4 members (excludes halogenated alkanes) is 1. The summed E-state index contributed by atoms with van der Waals surface area (Å²) in [5, 5.41) is 6.20. The van der Waals surface area contributed by atoms with E-state index in [9.17, 15) is 9.36 Å². The molecule has 0 saturated carbocycles. The van der Waals surface area contributed by atoms with Crippen molar-refractivity contribution in [3.05, 3.63) is 64.1 Å². The van der Waals surface area contributed by atoms with Crippen LogP contribution in [0.4, 0.5) is 5.69 Å². The van der Waals surface area contributed by atoms with E-state index in [1.54, 1.807) is 0 Å². The highest BCUT2D eigenvalue weighted by atomic mass is 79.9. The van der Waals surface area contributed by atoms with E-state index in [-0.39, 0.29) is 12.5 Å². The van der Waals surface area contributed by atoms with E-state index in [1.165, 1.54) is 5.56 Å². The molecule has 0 radical (unpaired) electrons. The van der Waals surface area contributed by atoms with Gasteiger partial charge in [0.05, 0.1) is 5.69 Å². The van der Waals surface area contributed by atoms with E-state index in [0.717, 1.165) is 35.0 Å². The lowest BCUT2D eigenvalue weighted by Crippen LogP contribution is -2.16. The van der Waals surface area contributed by atoms with Gasteiger partial charge in [-0.05, 0) is 71.4 Å². The van der Waals surface area contributed by atoms with Crippen molar-refractivity contribution in [2.24, 2.45) is 0 Å². The molecule has 3 N–H and O–H groups in total. The Morgan fingerprint density at radius 2 is 1.86 bits per heavy atom. The Kier molecular flexibility index (Phi) is 11.1. The Balaban J connectivity index is 1.65. The van der Waals surface area contributed by atoms with Crippen LogP contribution < -0.4 is 10.6 Å². The lowest BCUT2D eigenvalue weighted by Gasteiger charge is -2.10. The van der Waals surface area contributed by atoms with Crippen LogP contribution in [-0.2, 0) is 26.8 Å². The van der Waals surface area contributed by atoms with Gasteiger partial charge in [-0.2, -0.15) is 0 Å². The number of nitrogens with one attached hydrogen (secondary N) is 2. The minimum absolute atomic E-state index is 0.0202. The van der Waals surface area contributed by atoms with E-state index in [0.29, 0.717) is 25.9 Å². The Morgan fingerprint density at radius 1 is 1.07 bits per heavy atom. The van der Waals surface area contributed by atoms with E-state index in [4.69, 9.17) is 4.89 Å². The van der Waals surface area contributed by atoms with E-state index >= 15 is 0 Å². The van der Waals surface area contributed by atoms with Crippen molar-refractivity contribution in [1.29, 1.82) is 0 Å². The largest absolute Gasteiger partial charge is 0.694 e. The normalized spacial score (nSPS) is 11.3. The van der Waals surface area contributed by atoms with E-state index < -0.39 is 8.25 Å². The van der Waals surface area contributed by atoms with Crippen LogP contribution in [-0.4, -0.2) is 24.0 Å². The van der Waals surface area contributed by atoms with Crippen molar-refractivity contribution in [2.75, 3.05) is 18.5 Å². The molecule has 2 aromatic rings. The maximum Gasteiger partial charge on any atom is 0.694 e. The number of aryl methyl sites for hydroxylation is 1. The maximum absolute atomic E-state index is 12.2. The first-order valence-electron chi connectivity index (χ1n) is 9.66. The zero-order valence-electron chi connectivity index (χ0n) is 16.3. The van der Waals surface area contributed by atoms with Crippen LogP contribution in [0.1, 0.15) is 36.8 Å². The third-order valence-corrected chi connectivity index (χ3v) is 5.36. The SMILES string of the molecule is O=C(CCCCc1ccccc1)Nc1ccc(CNCCCO[P+](=O)O)cc1Br. The van der Waals surface area contributed by atoms with Gasteiger partial charge in [0.2, 0.25) is 5.91 Å².